The Morgan fingerprint density at radius 2 is 1.68 bits per heavy atom. The third-order valence-corrected chi connectivity index (χ3v) is 9.58. The van der Waals surface area contributed by atoms with Crippen molar-refractivity contribution in [2.24, 2.45) is 5.41 Å². The second-order valence-corrected chi connectivity index (χ2v) is 12.3. The summed E-state index contributed by atoms with van der Waals surface area (Å²) in [7, 11) is -3.46. The molecule has 0 saturated heterocycles. The van der Waals surface area contributed by atoms with E-state index in [4.69, 9.17) is 0 Å². The Morgan fingerprint density at radius 1 is 1.06 bits per heavy atom. The summed E-state index contributed by atoms with van der Waals surface area (Å²) in [6.45, 7) is 8.70. The fourth-order valence-electron chi connectivity index (χ4n) is 4.30. The van der Waals surface area contributed by atoms with Crippen molar-refractivity contribution >= 4 is 21.6 Å². The fraction of sp³-hybridized carbons (Fsp3) is 0.407. The lowest BCUT2D eigenvalue weighted by atomic mass is 9.72. The van der Waals surface area contributed by atoms with Crippen LogP contribution in [0.15, 0.2) is 93.2 Å². The number of benzene rings is 2. The van der Waals surface area contributed by atoms with Crippen molar-refractivity contribution < 1.29 is 8.42 Å². The minimum absolute atomic E-state index is 0.0544. The van der Waals surface area contributed by atoms with Gasteiger partial charge in [-0.1, -0.05) is 73.0 Å². The molecule has 0 spiro atoms. The zero-order valence-corrected chi connectivity index (χ0v) is 20.7. The molecule has 0 bridgehead atoms. The van der Waals surface area contributed by atoms with Crippen molar-refractivity contribution in [2.45, 2.75) is 68.4 Å². The van der Waals surface area contributed by atoms with E-state index in [9.17, 15) is 8.42 Å². The summed E-state index contributed by atoms with van der Waals surface area (Å²) in [6.07, 6.45) is 5.78. The monoisotopic (exact) mass is 454 g/mol. The molecule has 0 amide bonds. The van der Waals surface area contributed by atoms with E-state index in [1.807, 2.05) is 36.4 Å². The Bertz CT molecular complexity index is 1030. The predicted molar refractivity (Wildman–Crippen MR) is 133 cm³/mol. The van der Waals surface area contributed by atoms with E-state index in [2.05, 4.69) is 45.9 Å². The van der Waals surface area contributed by atoms with Crippen LogP contribution in [0.3, 0.4) is 0 Å². The van der Waals surface area contributed by atoms with Crippen molar-refractivity contribution in [2.75, 3.05) is 5.75 Å². The van der Waals surface area contributed by atoms with Gasteiger partial charge in [-0.3, -0.25) is 0 Å². The molecule has 31 heavy (non-hydrogen) atoms. The third-order valence-electron chi connectivity index (χ3n) is 6.51. The maximum absolute atomic E-state index is 13.8. The van der Waals surface area contributed by atoms with E-state index < -0.39 is 15.1 Å². The summed E-state index contributed by atoms with van der Waals surface area (Å²) < 4.78 is 27.5. The summed E-state index contributed by atoms with van der Waals surface area (Å²) in [6, 6.07) is 19.3. The Balaban J connectivity index is 1.90. The molecule has 1 unspecified atom stereocenters. The molecule has 2 aromatic rings. The molecule has 0 heterocycles. The number of thioether (sulfide) groups is 1. The first kappa shape index (κ1) is 23.9. The van der Waals surface area contributed by atoms with E-state index in [1.165, 1.54) is 10.5 Å². The smallest absolute Gasteiger partial charge is 0.185 e. The summed E-state index contributed by atoms with van der Waals surface area (Å²) in [5, 5.41) is -0.493. The molecular weight excluding hydrogens is 420 g/mol. The summed E-state index contributed by atoms with van der Waals surface area (Å²) in [4.78, 5) is 1.66. The van der Waals surface area contributed by atoms with Crippen LogP contribution in [0.2, 0.25) is 0 Å². The molecule has 4 heteroatoms. The largest absolute Gasteiger partial charge is 0.223 e. The minimum Gasteiger partial charge on any atom is -0.223 e. The van der Waals surface area contributed by atoms with Gasteiger partial charge in [0.25, 0.3) is 0 Å². The minimum atomic E-state index is -3.46. The van der Waals surface area contributed by atoms with Gasteiger partial charge in [-0.25, -0.2) is 8.42 Å². The molecular formula is C27H34O2S2. The van der Waals surface area contributed by atoms with Gasteiger partial charge in [0.1, 0.15) is 0 Å². The quantitative estimate of drug-likeness (QED) is 0.306. The SMILES string of the molecule is CC(=CCSc1ccccc1)CC(C1=C(C)C(C)(C)CCC1)S(=O)(=O)c1ccccc1. The van der Waals surface area contributed by atoms with Gasteiger partial charge >= 0.3 is 0 Å². The third kappa shape index (κ3) is 5.93. The highest BCUT2D eigenvalue weighted by Crippen LogP contribution is 2.44. The molecule has 3 rings (SSSR count). The number of sulfone groups is 1. The van der Waals surface area contributed by atoms with Crippen LogP contribution < -0.4 is 0 Å². The number of hydrogen-bond donors (Lipinski definition) is 0. The van der Waals surface area contributed by atoms with Gasteiger partial charge in [0, 0.05) is 10.6 Å². The summed E-state index contributed by atoms with van der Waals surface area (Å²) in [5.74, 6) is 0.845. The van der Waals surface area contributed by atoms with Crippen LogP contribution in [-0.4, -0.2) is 19.4 Å². The molecule has 2 nitrogen and oxygen atoms in total. The Labute approximate surface area is 192 Å². The lowest BCUT2D eigenvalue weighted by Crippen LogP contribution is -2.30. The highest BCUT2D eigenvalue weighted by atomic mass is 32.2. The van der Waals surface area contributed by atoms with Crippen molar-refractivity contribution in [1.82, 2.24) is 0 Å². The zero-order chi connectivity index (χ0) is 22.5. The molecule has 2 aromatic carbocycles. The van der Waals surface area contributed by atoms with E-state index in [0.29, 0.717) is 11.3 Å². The molecule has 0 saturated carbocycles. The van der Waals surface area contributed by atoms with Crippen molar-refractivity contribution in [1.29, 1.82) is 0 Å². The van der Waals surface area contributed by atoms with E-state index in [-0.39, 0.29) is 5.41 Å². The molecule has 1 aliphatic carbocycles. The predicted octanol–water partition coefficient (Wildman–Crippen LogP) is 7.48. The summed E-state index contributed by atoms with van der Waals surface area (Å²) in [5.41, 5.74) is 3.58. The maximum atomic E-state index is 13.8. The number of hydrogen-bond acceptors (Lipinski definition) is 3. The van der Waals surface area contributed by atoms with Gasteiger partial charge in [-0.05, 0) is 69.2 Å². The first-order valence-electron chi connectivity index (χ1n) is 11.0. The van der Waals surface area contributed by atoms with Crippen LogP contribution >= 0.6 is 11.8 Å². The lowest BCUT2D eigenvalue weighted by Gasteiger charge is -2.36. The van der Waals surface area contributed by atoms with E-state index in [0.717, 1.165) is 36.2 Å². The molecule has 0 aliphatic heterocycles. The maximum Gasteiger partial charge on any atom is 0.185 e. The average Bonchev–Trinajstić information content (AvgIpc) is 2.75. The second-order valence-electron chi connectivity index (χ2n) is 9.11. The van der Waals surface area contributed by atoms with Crippen LogP contribution in [-0.2, 0) is 9.84 Å². The van der Waals surface area contributed by atoms with E-state index >= 15 is 0 Å². The average molecular weight is 455 g/mol. The molecule has 0 N–H and O–H groups in total. The topological polar surface area (TPSA) is 34.1 Å². The molecule has 1 atom stereocenters. The molecule has 166 valence electrons. The highest BCUT2D eigenvalue weighted by Gasteiger charge is 2.36. The van der Waals surface area contributed by atoms with Gasteiger partial charge in [0.2, 0.25) is 0 Å². The highest BCUT2D eigenvalue weighted by molar-refractivity contribution is 7.99. The van der Waals surface area contributed by atoms with Gasteiger partial charge in [0.05, 0.1) is 10.1 Å². The van der Waals surface area contributed by atoms with Crippen LogP contribution in [0.1, 0.15) is 53.4 Å². The molecule has 0 aromatic heterocycles. The van der Waals surface area contributed by atoms with Crippen molar-refractivity contribution in [3.8, 4) is 0 Å². The molecule has 1 aliphatic rings. The van der Waals surface area contributed by atoms with Gasteiger partial charge < -0.3 is 0 Å². The standard InChI is InChI=1S/C27H34O2S2/c1-21(17-19-30-23-12-7-5-8-13-23)20-26(25-16-11-18-27(3,4)22(25)2)31(28,29)24-14-9-6-10-15-24/h5-10,12-15,17,26H,11,16,18-20H2,1-4H3. The molecule has 0 fully saturated rings. The van der Waals surface area contributed by atoms with E-state index in [1.54, 1.807) is 23.9 Å². The Hall–Kier alpha value is -1.78. The van der Waals surface area contributed by atoms with Crippen LogP contribution in [0.25, 0.3) is 0 Å². The number of rotatable bonds is 8. The molecule has 0 radical (unpaired) electrons. The Morgan fingerprint density at radius 3 is 2.32 bits per heavy atom. The number of allylic oxidation sites excluding steroid dienone is 2. The second kappa shape index (κ2) is 10.2. The van der Waals surface area contributed by atoms with Gasteiger partial charge in [-0.15, -0.1) is 11.8 Å². The van der Waals surface area contributed by atoms with Gasteiger partial charge in [-0.2, -0.15) is 0 Å². The first-order chi connectivity index (χ1) is 14.7. The van der Waals surface area contributed by atoms with Crippen LogP contribution in [0.4, 0.5) is 0 Å². The summed E-state index contributed by atoms with van der Waals surface area (Å²) >= 11 is 1.78. The van der Waals surface area contributed by atoms with Crippen molar-refractivity contribution in [3.05, 3.63) is 83.5 Å². The first-order valence-corrected chi connectivity index (χ1v) is 13.6. The van der Waals surface area contributed by atoms with Crippen LogP contribution in [0.5, 0.6) is 0 Å². The zero-order valence-electron chi connectivity index (χ0n) is 19.1. The Kier molecular flexibility index (Phi) is 7.87. The fourth-order valence-corrected chi connectivity index (χ4v) is 7.23. The van der Waals surface area contributed by atoms with Gasteiger partial charge in [0.15, 0.2) is 9.84 Å². The lowest BCUT2D eigenvalue weighted by molar-refractivity contribution is 0.363. The van der Waals surface area contributed by atoms with Crippen molar-refractivity contribution in [3.63, 3.8) is 0 Å². The van der Waals surface area contributed by atoms with Crippen LogP contribution in [0, 0.1) is 5.41 Å². The normalized spacial score (nSPS) is 18.1.